The molecule has 0 radical (unpaired) electrons. The van der Waals surface area contributed by atoms with E-state index in [4.69, 9.17) is 10.8 Å². The van der Waals surface area contributed by atoms with Crippen molar-refractivity contribution in [2.24, 2.45) is 5.73 Å². The van der Waals surface area contributed by atoms with Crippen LogP contribution < -0.4 is 11.1 Å². The monoisotopic (exact) mass is 250 g/mol. The lowest BCUT2D eigenvalue weighted by Gasteiger charge is -2.19. The number of aliphatic carboxylic acids is 1. The van der Waals surface area contributed by atoms with Crippen LogP contribution in [0.15, 0.2) is 24.3 Å². The molecular weight excluding hydrogens is 228 g/mol. The summed E-state index contributed by atoms with van der Waals surface area (Å²) < 4.78 is 0. The first-order valence-electron chi connectivity index (χ1n) is 6.09. The molecular formula is C14H22N2O2. The summed E-state index contributed by atoms with van der Waals surface area (Å²) in [6, 6.07) is 7.47. The zero-order valence-electron chi connectivity index (χ0n) is 11.2. The highest BCUT2D eigenvalue weighted by molar-refractivity contribution is 5.73. The van der Waals surface area contributed by atoms with E-state index in [1.54, 1.807) is 0 Å². The molecule has 1 rings (SSSR count). The standard InChI is InChI=1S/C14H22N2O2/c1-14(2,3)11-6-4-10(5-7-11)8-16-9-12(15)13(17)18/h4-7,12,16H,8-9,15H2,1-3H3,(H,17,18). The van der Waals surface area contributed by atoms with Crippen LogP contribution in [-0.2, 0) is 16.8 Å². The molecule has 0 saturated carbocycles. The van der Waals surface area contributed by atoms with Crippen molar-refractivity contribution in [1.29, 1.82) is 0 Å². The second-order valence-electron chi connectivity index (χ2n) is 5.52. The van der Waals surface area contributed by atoms with E-state index < -0.39 is 12.0 Å². The summed E-state index contributed by atoms with van der Waals surface area (Å²) in [5.41, 5.74) is 7.96. The number of rotatable bonds is 5. The van der Waals surface area contributed by atoms with E-state index in [1.165, 1.54) is 5.56 Å². The molecule has 0 aromatic heterocycles. The molecule has 0 spiro atoms. The maximum Gasteiger partial charge on any atom is 0.321 e. The van der Waals surface area contributed by atoms with E-state index in [0.29, 0.717) is 6.54 Å². The fraction of sp³-hybridized carbons (Fsp3) is 0.500. The Hall–Kier alpha value is -1.39. The molecule has 0 aliphatic carbocycles. The molecule has 0 aliphatic heterocycles. The van der Waals surface area contributed by atoms with Crippen LogP contribution in [-0.4, -0.2) is 23.7 Å². The summed E-state index contributed by atoms with van der Waals surface area (Å²) >= 11 is 0. The topological polar surface area (TPSA) is 75.3 Å². The molecule has 1 aromatic carbocycles. The number of nitrogens with one attached hydrogen (secondary N) is 1. The average molecular weight is 250 g/mol. The first-order valence-corrected chi connectivity index (χ1v) is 6.09. The predicted molar refractivity (Wildman–Crippen MR) is 72.5 cm³/mol. The molecule has 4 N–H and O–H groups in total. The Morgan fingerprint density at radius 2 is 1.89 bits per heavy atom. The maximum absolute atomic E-state index is 10.5. The Labute approximate surface area is 108 Å². The van der Waals surface area contributed by atoms with Crippen molar-refractivity contribution < 1.29 is 9.90 Å². The second-order valence-corrected chi connectivity index (χ2v) is 5.52. The van der Waals surface area contributed by atoms with Crippen molar-refractivity contribution in [2.45, 2.75) is 38.8 Å². The van der Waals surface area contributed by atoms with Crippen LogP contribution in [0.25, 0.3) is 0 Å². The summed E-state index contributed by atoms with van der Waals surface area (Å²) in [5, 5.41) is 11.7. The molecule has 0 fully saturated rings. The van der Waals surface area contributed by atoms with Gasteiger partial charge in [-0.25, -0.2) is 0 Å². The molecule has 0 saturated heterocycles. The highest BCUT2D eigenvalue weighted by Gasteiger charge is 2.13. The smallest absolute Gasteiger partial charge is 0.321 e. The van der Waals surface area contributed by atoms with Crippen LogP contribution in [0.5, 0.6) is 0 Å². The number of carboxylic acids is 1. The van der Waals surface area contributed by atoms with Gasteiger partial charge >= 0.3 is 5.97 Å². The summed E-state index contributed by atoms with van der Waals surface area (Å²) in [7, 11) is 0. The molecule has 4 heteroatoms. The first-order chi connectivity index (χ1) is 8.30. The molecule has 1 unspecified atom stereocenters. The Bertz CT molecular complexity index is 393. The molecule has 1 atom stereocenters. The molecule has 0 heterocycles. The maximum atomic E-state index is 10.5. The van der Waals surface area contributed by atoms with Crippen LogP contribution in [0, 0.1) is 0 Å². The lowest BCUT2D eigenvalue weighted by molar-refractivity contribution is -0.138. The largest absolute Gasteiger partial charge is 0.480 e. The summed E-state index contributed by atoms with van der Waals surface area (Å²) in [5.74, 6) is -0.981. The minimum Gasteiger partial charge on any atom is -0.480 e. The number of carbonyl (C=O) groups is 1. The molecule has 0 amide bonds. The van der Waals surface area contributed by atoms with Gasteiger partial charge in [0, 0.05) is 13.1 Å². The van der Waals surface area contributed by atoms with Crippen molar-refractivity contribution in [3.8, 4) is 0 Å². The van der Waals surface area contributed by atoms with Gasteiger partial charge in [0.2, 0.25) is 0 Å². The van der Waals surface area contributed by atoms with Crippen molar-refractivity contribution in [3.05, 3.63) is 35.4 Å². The number of benzene rings is 1. The van der Waals surface area contributed by atoms with E-state index in [1.807, 2.05) is 0 Å². The summed E-state index contributed by atoms with van der Waals surface area (Å²) in [6.45, 7) is 7.42. The molecule has 100 valence electrons. The fourth-order valence-electron chi connectivity index (χ4n) is 1.58. The molecule has 0 bridgehead atoms. The molecule has 18 heavy (non-hydrogen) atoms. The zero-order valence-corrected chi connectivity index (χ0v) is 11.2. The Morgan fingerprint density at radius 1 is 1.33 bits per heavy atom. The zero-order chi connectivity index (χ0) is 13.8. The van der Waals surface area contributed by atoms with Crippen LogP contribution in [0.3, 0.4) is 0 Å². The normalized spacial score (nSPS) is 13.3. The first kappa shape index (κ1) is 14.7. The third-order valence-electron chi connectivity index (χ3n) is 2.83. The Balaban J connectivity index is 2.47. The van der Waals surface area contributed by atoms with E-state index in [2.05, 4.69) is 50.4 Å². The quantitative estimate of drug-likeness (QED) is 0.740. The number of hydrogen-bond acceptors (Lipinski definition) is 3. The van der Waals surface area contributed by atoms with Crippen LogP contribution in [0.1, 0.15) is 31.9 Å². The van der Waals surface area contributed by atoms with Gasteiger partial charge < -0.3 is 16.2 Å². The lowest BCUT2D eigenvalue weighted by atomic mass is 9.87. The highest BCUT2D eigenvalue weighted by Crippen LogP contribution is 2.21. The minimum absolute atomic E-state index is 0.150. The second kappa shape index (κ2) is 5.98. The Kier molecular flexibility index (Phi) is 4.87. The van der Waals surface area contributed by atoms with E-state index in [9.17, 15) is 4.79 Å². The van der Waals surface area contributed by atoms with Gasteiger partial charge in [-0.1, -0.05) is 45.0 Å². The van der Waals surface area contributed by atoms with Crippen molar-refractivity contribution >= 4 is 5.97 Å². The van der Waals surface area contributed by atoms with Gasteiger partial charge in [0.05, 0.1) is 0 Å². The van der Waals surface area contributed by atoms with Gasteiger partial charge in [0.25, 0.3) is 0 Å². The highest BCUT2D eigenvalue weighted by atomic mass is 16.4. The third kappa shape index (κ3) is 4.47. The number of hydrogen-bond donors (Lipinski definition) is 3. The predicted octanol–water partition coefficient (Wildman–Crippen LogP) is 1.49. The fourth-order valence-corrected chi connectivity index (χ4v) is 1.58. The van der Waals surface area contributed by atoms with Gasteiger partial charge in [-0.05, 0) is 16.5 Å². The van der Waals surface area contributed by atoms with Gasteiger partial charge in [0.1, 0.15) is 6.04 Å². The molecule has 4 nitrogen and oxygen atoms in total. The van der Waals surface area contributed by atoms with Gasteiger partial charge in [-0.2, -0.15) is 0 Å². The van der Waals surface area contributed by atoms with Crippen LogP contribution in [0.2, 0.25) is 0 Å². The molecule has 0 aliphatic rings. The van der Waals surface area contributed by atoms with Crippen molar-refractivity contribution in [3.63, 3.8) is 0 Å². The molecule has 1 aromatic rings. The van der Waals surface area contributed by atoms with E-state index in [-0.39, 0.29) is 12.0 Å². The number of nitrogens with two attached hydrogens (primary N) is 1. The van der Waals surface area contributed by atoms with Gasteiger partial charge in [-0.15, -0.1) is 0 Å². The third-order valence-corrected chi connectivity index (χ3v) is 2.83. The Morgan fingerprint density at radius 3 is 2.33 bits per heavy atom. The van der Waals surface area contributed by atoms with E-state index >= 15 is 0 Å². The van der Waals surface area contributed by atoms with Crippen LogP contribution >= 0.6 is 0 Å². The summed E-state index contributed by atoms with van der Waals surface area (Å²) in [6.07, 6.45) is 0. The van der Waals surface area contributed by atoms with E-state index in [0.717, 1.165) is 5.56 Å². The summed E-state index contributed by atoms with van der Waals surface area (Å²) in [4.78, 5) is 10.5. The SMILES string of the molecule is CC(C)(C)c1ccc(CNCC(N)C(=O)O)cc1. The van der Waals surface area contributed by atoms with Crippen molar-refractivity contribution in [1.82, 2.24) is 5.32 Å². The van der Waals surface area contributed by atoms with Crippen LogP contribution in [0.4, 0.5) is 0 Å². The van der Waals surface area contributed by atoms with Gasteiger partial charge in [0.15, 0.2) is 0 Å². The average Bonchev–Trinajstić information content (AvgIpc) is 2.28. The van der Waals surface area contributed by atoms with Crippen molar-refractivity contribution in [2.75, 3.05) is 6.54 Å². The lowest BCUT2D eigenvalue weighted by Crippen LogP contribution is -2.40. The van der Waals surface area contributed by atoms with Gasteiger partial charge in [-0.3, -0.25) is 4.79 Å². The number of carboxylic acid groups (broad SMARTS) is 1. The minimum atomic E-state index is -0.981.